The van der Waals surface area contributed by atoms with Gasteiger partial charge in [0, 0.05) is 38.3 Å². The van der Waals surface area contributed by atoms with Crippen LogP contribution in [0.25, 0.3) is 0 Å². The largest absolute Gasteiger partial charge is 0.452 e. The Balaban J connectivity index is 1.56. The monoisotopic (exact) mass is 491 g/mol. The van der Waals surface area contributed by atoms with Crippen LogP contribution in [-0.4, -0.2) is 74.4 Å². The van der Waals surface area contributed by atoms with Crippen LogP contribution in [0.2, 0.25) is 0 Å². The van der Waals surface area contributed by atoms with E-state index in [1.807, 2.05) is 18.7 Å². The average Bonchev–Trinajstić information content (AvgIpc) is 3.37. The highest BCUT2D eigenvalue weighted by molar-refractivity contribution is 7.89. The number of hydrogen-bond acceptors (Lipinski definition) is 6. The van der Waals surface area contributed by atoms with Gasteiger partial charge >= 0.3 is 5.97 Å². The molecule has 0 aromatic heterocycles. The minimum atomic E-state index is -3.69. The lowest BCUT2D eigenvalue weighted by atomic mass is 9.97. The van der Waals surface area contributed by atoms with Gasteiger partial charge in [-0.3, -0.25) is 4.79 Å². The van der Waals surface area contributed by atoms with E-state index in [2.05, 4.69) is 4.90 Å². The SMILES string of the molecule is CC1CCCC(C)N1C(=O)COC(=O)c1cc(S(=O)(=O)N2CCCCC2)ccc1N1CCCC1. The van der Waals surface area contributed by atoms with Crippen molar-refractivity contribution in [2.45, 2.75) is 82.2 Å². The maximum atomic E-state index is 13.2. The Morgan fingerprint density at radius 2 is 1.53 bits per heavy atom. The molecule has 34 heavy (non-hydrogen) atoms. The zero-order chi connectivity index (χ0) is 24.3. The molecule has 3 saturated heterocycles. The summed E-state index contributed by atoms with van der Waals surface area (Å²) in [6.45, 7) is 6.31. The van der Waals surface area contributed by atoms with Crippen LogP contribution in [0.5, 0.6) is 0 Å². The molecule has 3 heterocycles. The van der Waals surface area contributed by atoms with Crippen LogP contribution in [-0.2, 0) is 19.6 Å². The number of hydrogen-bond donors (Lipinski definition) is 0. The highest BCUT2D eigenvalue weighted by Gasteiger charge is 2.31. The van der Waals surface area contributed by atoms with Crippen LogP contribution < -0.4 is 4.90 Å². The molecule has 3 fully saturated rings. The number of sulfonamides is 1. The van der Waals surface area contributed by atoms with Crippen molar-refractivity contribution in [2.24, 2.45) is 0 Å². The number of carbonyl (C=O) groups excluding carboxylic acids is 2. The Hall–Kier alpha value is -2.13. The minimum absolute atomic E-state index is 0.105. The quantitative estimate of drug-likeness (QED) is 0.567. The molecule has 0 N–H and O–H groups in total. The van der Waals surface area contributed by atoms with Crippen molar-refractivity contribution >= 4 is 27.6 Å². The van der Waals surface area contributed by atoms with E-state index in [0.29, 0.717) is 18.8 Å². The summed E-state index contributed by atoms with van der Waals surface area (Å²) >= 11 is 0. The van der Waals surface area contributed by atoms with Crippen molar-refractivity contribution in [3.8, 4) is 0 Å². The molecular formula is C25H37N3O5S. The Labute approximate surface area is 203 Å². The summed E-state index contributed by atoms with van der Waals surface area (Å²) in [4.78, 5) is 30.1. The third kappa shape index (κ3) is 5.25. The van der Waals surface area contributed by atoms with E-state index in [1.54, 1.807) is 12.1 Å². The Kier molecular flexibility index (Phi) is 7.82. The second kappa shape index (κ2) is 10.6. The molecule has 1 amide bonds. The second-order valence-corrected chi connectivity index (χ2v) is 11.8. The number of amides is 1. The number of ether oxygens (including phenoxy) is 1. The van der Waals surface area contributed by atoms with Gasteiger partial charge in [-0.2, -0.15) is 4.31 Å². The van der Waals surface area contributed by atoms with E-state index < -0.39 is 16.0 Å². The first-order valence-corrected chi connectivity index (χ1v) is 14.1. The maximum Gasteiger partial charge on any atom is 0.340 e. The van der Waals surface area contributed by atoms with Crippen molar-refractivity contribution in [1.82, 2.24) is 9.21 Å². The van der Waals surface area contributed by atoms with Gasteiger partial charge in [-0.15, -0.1) is 0 Å². The van der Waals surface area contributed by atoms with Gasteiger partial charge in [0.1, 0.15) is 0 Å². The lowest BCUT2D eigenvalue weighted by Crippen LogP contribution is -2.49. The van der Waals surface area contributed by atoms with Crippen molar-refractivity contribution < 1.29 is 22.7 Å². The summed E-state index contributed by atoms with van der Waals surface area (Å²) in [7, 11) is -3.69. The van der Waals surface area contributed by atoms with Gasteiger partial charge < -0.3 is 14.5 Å². The fourth-order valence-corrected chi connectivity index (χ4v) is 7.06. The van der Waals surface area contributed by atoms with E-state index in [-0.39, 0.29) is 35.1 Å². The third-order valence-electron chi connectivity index (χ3n) is 7.40. The van der Waals surface area contributed by atoms with E-state index >= 15 is 0 Å². The number of piperidine rings is 2. The smallest absolute Gasteiger partial charge is 0.340 e. The van der Waals surface area contributed by atoms with Crippen LogP contribution in [0.1, 0.15) is 75.6 Å². The van der Waals surface area contributed by atoms with Crippen LogP contribution >= 0.6 is 0 Å². The molecule has 8 nitrogen and oxygen atoms in total. The van der Waals surface area contributed by atoms with E-state index in [4.69, 9.17) is 4.74 Å². The highest BCUT2D eigenvalue weighted by Crippen LogP contribution is 2.30. The van der Waals surface area contributed by atoms with Crippen molar-refractivity contribution in [1.29, 1.82) is 0 Å². The summed E-state index contributed by atoms with van der Waals surface area (Å²) in [5.41, 5.74) is 0.889. The predicted molar refractivity (Wildman–Crippen MR) is 130 cm³/mol. The first-order chi connectivity index (χ1) is 16.3. The lowest BCUT2D eigenvalue weighted by Gasteiger charge is -2.38. The molecule has 0 saturated carbocycles. The summed E-state index contributed by atoms with van der Waals surface area (Å²) in [6.07, 6.45) is 7.73. The Morgan fingerprint density at radius 3 is 2.18 bits per heavy atom. The van der Waals surface area contributed by atoms with E-state index in [9.17, 15) is 18.0 Å². The van der Waals surface area contributed by atoms with Crippen molar-refractivity contribution in [3.63, 3.8) is 0 Å². The third-order valence-corrected chi connectivity index (χ3v) is 9.29. The number of benzene rings is 1. The number of nitrogens with zero attached hydrogens (tertiary/aromatic N) is 3. The number of anilines is 1. The van der Waals surface area contributed by atoms with Crippen molar-refractivity contribution in [3.05, 3.63) is 23.8 Å². The van der Waals surface area contributed by atoms with Gasteiger partial charge in [-0.05, 0) is 77.0 Å². The van der Waals surface area contributed by atoms with Crippen LogP contribution in [0, 0.1) is 0 Å². The Bertz CT molecular complexity index is 990. The van der Waals surface area contributed by atoms with Crippen LogP contribution in [0.3, 0.4) is 0 Å². The summed E-state index contributed by atoms with van der Waals surface area (Å²) in [5.74, 6) is -0.851. The lowest BCUT2D eigenvalue weighted by molar-refractivity contribution is -0.140. The topological polar surface area (TPSA) is 87.2 Å². The van der Waals surface area contributed by atoms with Gasteiger partial charge in [0.25, 0.3) is 5.91 Å². The van der Waals surface area contributed by atoms with Gasteiger partial charge in [-0.1, -0.05) is 6.42 Å². The fourth-order valence-electron chi connectivity index (χ4n) is 5.52. The Morgan fingerprint density at radius 1 is 0.912 bits per heavy atom. The summed E-state index contributed by atoms with van der Waals surface area (Å²) < 4.78 is 33.5. The highest BCUT2D eigenvalue weighted by atomic mass is 32.2. The molecule has 0 bridgehead atoms. The maximum absolute atomic E-state index is 13.2. The molecule has 3 aliphatic rings. The normalized spacial score (nSPS) is 24.3. The first-order valence-electron chi connectivity index (χ1n) is 12.7. The molecule has 0 spiro atoms. The minimum Gasteiger partial charge on any atom is -0.452 e. The molecule has 0 radical (unpaired) electrons. The molecule has 3 aliphatic heterocycles. The first kappa shape index (κ1) is 25.0. The number of esters is 1. The molecule has 188 valence electrons. The van der Waals surface area contributed by atoms with E-state index in [1.165, 1.54) is 10.4 Å². The van der Waals surface area contributed by atoms with Gasteiger partial charge in [0.05, 0.1) is 16.1 Å². The van der Waals surface area contributed by atoms with E-state index in [0.717, 1.165) is 64.5 Å². The molecule has 1 aromatic carbocycles. The molecule has 2 atom stereocenters. The molecule has 9 heteroatoms. The van der Waals surface area contributed by atoms with Crippen LogP contribution in [0.4, 0.5) is 5.69 Å². The summed E-state index contributed by atoms with van der Waals surface area (Å²) in [5, 5.41) is 0. The number of likely N-dealkylation sites (tertiary alicyclic amines) is 1. The standard InChI is InChI=1S/C25H37N3O5S/c1-19-9-8-10-20(2)28(19)24(29)18-33-25(30)22-17-21(11-12-23(22)26-13-6-7-14-26)34(31,32)27-15-4-3-5-16-27/h11-12,17,19-20H,3-10,13-16,18H2,1-2H3. The number of rotatable bonds is 6. The predicted octanol–water partition coefficient (Wildman–Crippen LogP) is 3.41. The van der Waals surface area contributed by atoms with Gasteiger partial charge in [0.2, 0.25) is 10.0 Å². The van der Waals surface area contributed by atoms with Crippen molar-refractivity contribution in [2.75, 3.05) is 37.7 Å². The zero-order valence-electron chi connectivity index (χ0n) is 20.4. The fraction of sp³-hybridized carbons (Fsp3) is 0.680. The second-order valence-electron chi connectivity index (χ2n) is 9.84. The number of carbonyl (C=O) groups is 2. The van der Waals surface area contributed by atoms with Gasteiger partial charge in [0.15, 0.2) is 6.61 Å². The van der Waals surface area contributed by atoms with Gasteiger partial charge in [-0.25, -0.2) is 13.2 Å². The van der Waals surface area contributed by atoms with Crippen LogP contribution in [0.15, 0.2) is 23.1 Å². The zero-order valence-corrected chi connectivity index (χ0v) is 21.2. The molecule has 2 unspecified atom stereocenters. The molecular weight excluding hydrogens is 454 g/mol. The molecule has 1 aromatic rings. The molecule has 4 rings (SSSR count). The average molecular weight is 492 g/mol. The molecule has 0 aliphatic carbocycles. The summed E-state index contributed by atoms with van der Waals surface area (Å²) in [6, 6.07) is 4.99.